The molecule has 5 rings (SSSR count). The minimum Gasteiger partial charge on any atom is -0.0622 e. The normalized spacial score (nSPS) is 60.8. The molecule has 0 saturated heterocycles. The maximum Gasteiger partial charge on any atom is -0.0267 e. The Morgan fingerprint density at radius 3 is 2.25 bits per heavy atom. The van der Waals surface area contributed by atoms with Crippen LogP contribution in [0.1, 0.15) is 72.6 Å². The van der Waals surface area contributed by atoms with Crippen molar-refractivity contribution in [3.05, 3.63) is 0 Å². The molecule has 5 saturated carbocycles. The van der Waals surface area contributed by atoms with Crippen LogP contribution in [0.4, 0.5) is 0 Å². The molecule has 5 aliphatic carbocycles. The molecule has 5 atom stereocenters. The molecule has 0 aromatic rings. The average molecular weight is 220 g/mol. The van der Waals surface area contributed by atoms with Gasteiger partial charge in [0.2, 0.25) is 0 Å². The van der Waals surface area contributed by atoms with E-state index in [-0.39, 0.29) is 0 Å². The summed E-state index contributed by atoms with van der Waals surface area (Å²) >= 11 is 0. The monoisotopic (exact) mass is 220 g/mol. The molecule has 0 aliphatic heterocycles. The largest absolute Gasteiger partial charge is 0.0622 e. The van der Waals surface area contributed by atoms with Crippen LogP contribution in [0.15, 0.2) is 0 Å². The summed E-state index contributed by atoms with van der Waals surface area (Å²) in [4.78, 5) is 0. The summed E-state index contributed by atoms with van der Waals surface area (Å²) in [7, 11) is 0. The molecular formula is C16H28. The van der Waals surface area contributed by atoms with Gasteiger partial charge in [0, 0.05) is 0 Å². The van der Waals surface area contributed by atoms with Crippen molar-refractivity contribution in [2.45, 2.75) is 72.6 Å². The summed E-state index contributed by atoms with van der Waals surface area (Å²) in [6.45, 7) is 10.3. The van der Waals surface area contributed by atoms with Gasteiger partial charge in [0.25, 0.3) is 0 Å². The Morgan fingerprint density at radius 2 is 1.50 bits per heavy atom. The van der Waals surface area contributed by atoms with Crippen molar-refractivity contribution in [3.63, 3.8) is 0 Å². The second-order valence-corrected chi connectivity index (χ2v) is 8.11. The van der Waals surface area contributed by atoms with Crippen molar-refractivity contribution < 1.29 is 0 Å². The molecule has 0 radical (unpaired) electrons. The number of rotatable bonds is 0. The molecule has 0 N–H and O–H groups in total. The van der Waals surface area contributed by atoms with Crippen LogP contribution in [0.5, 0.6) is 0 Å². The highest BCUT2D eigenvalue weighted by atomic mass is 14.6. The van der Waals surface area contributed by atoms with E-state index < -0.39 is 0 Å². The van der Waals surface area contributed by atoms with Crippen molar-refractivity contribution in [1.29, 1.82) is 0 Å². The predicted octanol–water partition coefficient (Wildman–Crippen LogP) is 5.03. The molecule has 0 nitrogen and oxygen atoms in total. The van der Waals surface area contributed by atoms with Crippen LogP contribution in [0.25, 0.3) is 0 Å². The molecule has 5 unspecified atom stereocenters. The topological polar surface area (TPSA) is 0 Å². The summed E-state index contributed by atoms with van der Waals surface area (Å²) < 4.78 is 0. The van der Waals surface area contributed by atoms with Crippen molar-refractivity contribution in [3.8, 4) is 0 Å². The van der Waals surface area contributed by atoms with Crippen molar-refractivity contribution >= 4 is 0 Å². The Labute approximate surface area is 101 Å². The first kappa shape index (κ1) is 11.1. The lowest BCUT2D eigenvalue weighted by atomic mass is 9.40. The van der Waals surface area contributed by atoms with E-state index in [2.05, 4.69) is 27.7 Å². The van der Waals surface area contributed by atoms with Gasteiger partial charge in [-0.2, -0.15) is 0 Å². The molecule has 0 aromatic heterocycles. The second-order valence-electron chi connectivity index (χ2n) is 8.11. The van der Waals surface area contributed by atoms with E-state index in [4.69, 9.17) is 0 Å². The summed E-state index contributed by atoms with van der Waals surface area (Å²) in [6, 6.07) is 0. The second kappa shape index (κ2) is 3.06. The van der Waals surface area contributed by atoms with E-state index >= 15 is 0 Å². The zero-order valence-corrected chi connectivity index (χ0v) is 11.6. The SMILES string of the molecule is CC1CCC2(C)CCC3(C)CC2(C)CCC13. The first-order valence-corrected chi connectivity index (χ1v) is 7.39. The summed E-state index contributed by atoms with van der Waals surface area (Å²) in [5.41, 5.74) is 2.01. The zero-order chi connectivity index (χ0) is 11.6. The van der Waals surface area contributed by atoms with Gasteiger partial charge in [-0.1, -0.05) is 27.7 Å². The number of fused-ring (bicyclic) bond motifs is 2. The lowest BCUT2D eigenvalue weighted by molar-refractivity contribution is -0.150. The van der Waals surface area contributed by atoms with E-state index in [0.29, 0.717) is 16.2 Å². The first-order chi connectivity index (χ1) is 7.39. The van der Waals surface area contributed by atoms with Crippen LogP contribution in [-0.2, 0) is 0 Å². The van der Waals surface area contributed by atoms with E-state index in [9.17, 15) is 0 Å². The van der Waals surface area contributed by atoms with Crippen LogP contribution < -0.4 is 0 Å². The maximum absolute atomic E-state index is 2.61. The molecule has 0 heterocycles. The fourth-order valence-electron chi connectivity index (χ4n) is 5.73. The first-order valence-electron chi connectivity index (χ1n) is 7.39. The van der Waals surface area contributed by atoms with Gasteiger partial charge in [-0.15, -0.1) is 0 Å². The molecule has 0 heteroatoms. The highest BCUT2D eigenvalue weighted by Crippen LogP contribution is 2.69. The van der Waals surface area contributed by atoms with E-state index in [1.807, 2.05) is 0 Å². The van der Waals surface area contributed by atoms with Gasteiger partial charge in [-0.3, -0.25) is 0 Å². The third-order valence-electron chi connectivity index (χ3n) is 7.24. The lowest BCUT2D eigenvalue weighted by Gasteiger charge is -2.65. The lowest BCUT2D eigenvalue weighted by Crippen LogP contribution is -2.55. The van der Waals surface area contributed by atoms with E-state index in [1.165, 1.54) is 44.9 Å². The van der Waals surface area contributed by atoms with Crippen LogP contribution in [-0.4, -0.2) is 0 Å². The standard InChI is InChI=1S/C16H28/c1-12-5-7-15(3)10-9-14(2)11-16(15,4)8-6-13(12)14/h12-13H,5-11H2,1-4H3. The van der Waals surface area contributed by atoms with E-state index in [1.54, 1.807) is 0 Å². The molecule has 0 amide bonds. The number of hydrogen-bond acceptors (Lipinski definition) is 0. The third-order valence-corrected chi connectivity index (χ3v) is 7.24. The Balaban J connectivity index is 2.06. The van der Waals surface area contributed by atoms with E-state index in [0.717, 1.165) is 11.8 Å². The van der Waals surface area contributed by atoms with Gasteiger partial charge in [0.15, 0.2) is 0 Å². The number of hydrogen-bond donors (Lipinski definition) is 0. The Morgan fingerprint density at radius 1 is 0.812 bits per heavy atom. The molecular weight excluding hydrogens is 192 g/mol. The van der Waals surface area contributed by atoms with Crippen molar-refractivity contribution in [1.82, 2.24) is 0 Å². The Bertz CT molecular complexity index is 303. The summed E-state index contributed by atoms with van der Waals surface area (Å²) in [5, 5.41) is 0. The maximum atomic E-state index is 2.61. The minimum atomic E-state index is 0.659. The molecule has 0 aromatic carbocycles. The third kappa shape index (κ3) is 1.22. The molecule has 5 fully saturated rings. The molecule has 16 heavy (non-hydrogen) atoms. The molecule has 0 spiro atoms. The fourth-order valence-corrected chi connectivity index (χ4v) is 5.73. The van der Waals surface area contributed by atoms with Crippen LogP contribution in [0.3, 0.4) is 0 Å². The summed E-state index contributed by atoms with van der Waals surface area (Å²) in [6.07, 6.45) is 10.5. The van der Waals surface area contributed by atoms with Crippen LogP contribution >= 0.6 is 0 Å². The quantitative estimate of drug-likeness (QED) is 0.537. The molecule has 5 aliphatic rings. The highest BCUT2D eigenvalue weighted by Gasteiger charge is 2.59. The smallest absolute Gasteiger partial charge is 0.0267 e. The molecule has 4 bridgehead atoms. The van der Waals surface area contributed by atoms with Gasteiger partial charge >= 0.3 is 0 Å². The Hall–Kier alpha value is 0. The molecule has 92 valence electrons. The fraction of sp³-hybridized carbons (Fsp3) is 1.00. The highest BCUT2D eigenvalue weighted by molar-refractivity contribution is 5.09. The van der Waals surface area contributed by atoms with Crippen LogP contribution in [0.2, 0.25) is 0 Å². The zero-order valence-electron chi connectivity index (χ0n) is 11.6. The van der Waals surface area contributed by atoms with Gasteiger partial charge in [-0.05, 0) is 73.0 Å². The van der Waals surface area contributed by atoms with Crippen molar-refractivity contribution in [2.75, 3.05) is 0 Å². The minimum absolute atomic E-state index is 0.659. The summed E-state index contributed by atoms with van der Waals surface area (Å²) in [5.74, 6) is 2.01. The van der Waals surface area contributed by atoms with Gasteiger partial charge < -0.3 is 0 Å². The van der Waals surface area contributed by atoms with Gasteiger partial charge in [0.05, 0.1) is 0 Å². The average Bonchev–Trinajstić information content (AvgIpc) is 2.20. The predicted molar refractivity (Wildman–Crippen MR) is 69.3 cm³/mol. The van der Waals surface area contributed by atoms with Gasteiger partial charge in [-0.25, -0.2) is 0 Å². The van der Waals surface area contributed by atoms with Gasteiger partial charge in [0.1, 0.15) is 0 Å². The van der Waals surface area contributed by atoms with Crippen molar-refractivity contribution in [2.24, 2.45) is 28.1 Å². The van der Waals surface area contributed by atoms with Crippen LogP contribution in [0, 0.1) is 28.1 Å². The Kier molecular flexibility index (Phi) is 2.12.